The van der Waals surface area contributed by atoms with Gasteiger partial charge in [-0.2, -0.15) is 0 Å². The zero-order valence-electron chi connectivity index (χ0n) is 17.9. The number of halogens is 1. The molecule has 6 rings (SSSR count). The zero-order chi connectivity index (χ0) is 21.6. The summed E-state index contributed by atoms with van der Waals surface area (Å²) < 4.78 is 0.121. The first-order valence-electron chi connectivity index (χ1n) is 11.4. The van der Waals surface area contributed by atoms with E-state index in [-0.39, 0.29) is 21.6 Å². The number of rotatable bonds is 5. The lowest BCUT2D eigenvalue weighted by atomic mass is 9.49. The zero-order valence-corrected chi connectivity index (χ0v) is 19.5. The minimum Gasteiger partial charge on any atom is -0.325 e. The lowest BCUT2D eigenvalue weighted by Crippen LogP contribution is -2.57. The van der Waals surface area contributed by atoms with Crippen LogP contribution in [0.15, 0.2) is 48.5 Å². The van der Waals surface area contributed by atoms with Gasteiger partial charge in [-0.05, 0) is 86.6 Å². The van der Waals surface area contributed by atoms with Gasteiger partial charge in [-0.25, -0.2) is 0 Å². The smallest absolute Gasteiger partial charge is 0.257 e. The van der Waals surface area contributed by atoms with E-state index in [0.29, 0.717) is 23.1 Å². The molecule has 2 amide bonds. The van der Waals surface area contributed by atoms with Crippen molar-refractivity contribution in [1.82, 2.24) is 0 Å². The van der Waals surface area contributed by atoms with Gasteiger partial charge in [0.05, 0.1) is 16.7 Å². The molecule has 2 atom stereocenters. The molecule has 5 heteroatoms. The number of carbonyl (C=O) groups is 2. The first-order valence-corrected chi connectivity index (χ1v) is 12.2. The van der Waals surface area contributed by atoms with E-state index >= 15 is 0 Å². The van der Waals surface area contributed by atoms with E-state index in [0.717, 1.165) is 31.4 Å². The van der Waals surface area contributed by atoms with Gasteiger partial charge in [0.15, 0.2) is 0 Å². The summed E-state index contributed by atoms with van der Waals surface area (Å²) in [5, 5.41) is 6.12. The number of alkyl halides is 1. The average molecular weight is 481 g/mol. The molecule has 4 aliphatic rings. The van der Waals surface area contributed by atoms with E-state index in [1.54, 1.807) is 6.07 Å². The van der Waals surface area contributed by atoms with E-state index in [1.165, 1.54) is 24.8 Å². The van der Waals surface area contributed by atoms with E-state index in [4.69, 9.17) is 0 Å². The molecule has 0 aliphatic heterocycles. The maximum atomic E-state index is 13.5. The molecule has 0 spiro atoms. The Morgan fingerprint density at radius 3 is 2.29 bits per heavy atom. The first kappa shape index (κ1) is 20.7. The summed E-state index contributed by atoms with van der Waals surface area (Å²) in [5.74, 6) is 1.15. The van der Waals surface area contributed by atoms with Crippen molar-refractivity contribution in [2.24, 2.45) is 17.3 Å². The molecule has 4 aliphatic carbocycles. The molecule has 0 aromatic heterocycles. The Labute approximate surface area is 192 Å². The summed E-state index contributed by atoms with van der Waals surface area (Å²) >= 11 is 3.99. The number of hydrogen-bond donors (Lipinski definition) is 2. The average Bonchev–Trinajstić information content (AvgIpc) is 2.73. The Bertz CT molecular complexity index is 1000. The number of nitrogens with one attached hydrogen (secondary N) is 2. The van der Waals surface area contributed by atoms with Gasteiger partial charge in [-0.3, -0.25) is 9.59 Å². The Hall–Kier alpha value is -2.14. The molecule has 4 fully saturated rings. The Morgan fingerprint density at radius 1 is 0.968 bits per heavy atom. The van der Waals surface area contributed by atoms with Crippen LogP contribution in [-0.2, 0) is 11.2 Å². The number of benzene rings is 2. The van der Waals surface area contributed by atoms with Crippen molar-refractivity contribution in [1.29, 1.82) is 0 Å². The van der Waals surface area contributed by atoms with Gasteiger partial charge in [-0.1, -0.05) is 47.1 Å². The van der Waals surface area contributed by atoms with Crippen molar-refractivity contribution in [3.05, 3.63) is 59.7 Å². The van der Waals surface area contributed by atoms with Crippen molar-refractivity contribution < 1.29 is 9.59 Å². The van der Waals surface area contributed by atoms with Crippen LogP contribution in [0, 0.1) is 17.3 Å². The number of hydrogen-bond acceptors (Lipinski definition) is 2. The fourth-order valence-corrected chi connectivity index (χ4v) is 7.94. The van der Waals surface area contributed by atoms with Crippen LogP contribution in [-0.4, -0.2) is 16.1 Å². The molecule has 162 valence electrons. The number of aryl methyl sites for hydroxylation is 1. The van der Waals surface area contributed by atoms with Crippen LogP contribution in [0.5, 0.6) is 0 Å². The van der Waals surface area contributed by atoms with Crippen LogP contribution in [0.2, 0.25) is 0 Å². The van der Waals surface area contributed by atoms with Crippen molar-refractivity contribution in [2.75, 3.05) is 10.6 Å². The van der Waals surface area contributed by atoms with Gasteiger partial charge in [0.25, 0.3) is 5.91 Å². The SMILES string of the molecule is CCc1ccc(NC(=O)c2ccccc2NC(=O)C23C[C@H]4C[C@@H](CC(Br)(C4)C2)C3)cc1. The summed E-state index contributed by atoms with van der Waals surface area (Å²) in [4.78, 5) is 26.5. The normalized spacial score (nSPS) is 30.8. The quantitative estimate of drug-likeness (QED) is 0.502. The van der Waals surface area contributed by atoms with Gasteiger partial charge in [0.2, 0.25) is 5.91 Å². The highest BCUT2D eigenvalue weighted by atomic mass is 79.9. The Morgan fingerprint density at radius 2 is 1.65 bits per heavy atom. The second-order valence-electron chi connectivity index (χ2n) is 9.90. The van der Waals surface area contributed by atoms with E-state index in [9.17, 15) is 9.59 Å². The van der Waals surface area contributed by atoms with Gasteiger partial charge in [-0.15, -0.1) is 0 Å². The molecule has 2 N–H and O–H groups in total. The molecule has 4 nitrogen and oxygen atoms in total. The maximum Gasteiger partial charge on any atom is 0.257 e. The number of para-hydroxylation sites is 1. The van der Waals surface area contributed by atoms with E-state index in [2.05, 4.69) is 33.5 Å². The van der Waals surface area contributed by atoms with Crippen LogP contribution in [0.3, 0.4) is 0 Å². The summed E-state index contributed by atoms with van der Waals surface area (Å²) in [7, 11) is 0. The fourth-order valence-electron chi connectivity index (χ4n) is 6.48. The molecule has 4 saturated carbocycles. The van der Waals surface area contributed by atoms with Crippen LogP contribution in [0.1, 0.15) is 61.4 Å². The number of amides is 2. The summed E-state index contributed by atoms with van der Waals surface area (Å²) in [5.41, 5.74) is 2.76. The lowest BCUT2D eigenvalue weighted by molar-refractivity contribution is -0.138. The first-order chi connectivity index (χ1) is 14.9. The third kappa shape index (κ3) is 3.93. The third-order valence-electron chi connectivity index (χ3n) is 7.51. The molecule has 2 aromatic carbocycles. The second kappa shape index (κ2) is 7.77. The Balaban J connectivity index is 1.34. The van der Waals surface area contributed by atoms with Gasteiger partial charge < -0.3 is 10.6 Å². The van der Waals surface area contributed by atoms with Crippen molar-refractivity contribution >= 4 is 39.1 Å². The summed E-state index contributed by atoms with van der Waals surface area (Å²) in [6.07, 6.45) is 7.45. The standard InChI is InChI=1S/C26H29BrN2O2/c1-2-17-7-9-20(10-8-17)28-23(30)21-5-3-4-6-22(21)29-24(31)25-12-18-11-19(13-25)15-26(27,14-18)16-25/h3-10,18-19H,2,11-16H2,1H3,(H,28,30)(H,29,31)/t18-,19-,25?,26?/m1/s1. The van der Waals surface area contributed by atoms with Gasteiger partial charge in [0, 0.05) is 10.0 Å². The van der Waals surface area contributed by atoms with Crippen molar-refractivity contribution in [3.63, 3.8) is 0 Å². The van der Waals surface area contributed by atoms with Gasteiger partial charge >= 0.3 is 0 Å². The van der Waals surface area contributed by atoms with Gasteiger partial charge in [0.1, 0.15) is 0 Å². The maximum absolute atomic E-state index is 13.5. The van der Waals surface area contributed by atoms with Crippen molar-refractivity contribution in [3.8, 4) is 0 Å². The second-order valence-corrected chi connectivity index (χ2v) is 11.6. The highest BCUT2D eigenvalue weighted by Crippen LogP contribution is 2.64. The molecular weight excluding hydrogens is 452 g/mol. The highest BCUT2D eigenvalue weighted by Gasteiger charge is 2.59. The van der Waals surface area contributed by atoms with Crippen LogP contribution >= 0.6 is 15.9 Å². The molecule has 0 unspecified atom stereocenters. The molecule has 4 bridgehead atoms. The lowest BCUT2D eigenvalue weighted by Gasteiger charge is -2.59. The summed E-state index contributed by atoms with van der Waals surface area (Å²) in [6, 6.07) is 15.2. The third-order valence-corrected chi connectivity index (χ3v) is 8.44. The molecule has 31 heavy (non-hydrogen) atoms. The number of carbonyl (C=O) groups excluding carboxylic acids is 2. The largest absolute Gasteiger partial charge is 0.325 e. The predicted octanol–water partition coefficient (Wildman–Crippen LogP) is 6.17. The molecule has 2 aromatic rings. The van der Waals surface area contributed by atoms with E-state index in [1.807, 2.05) is 42.5 Å². The van der Waals surface area contributed by atoms with E-state index < -0.39 is 0 Å². The van der Waals surface area contributed by atoms with Crippen LogP contribution in [0.4, 0.5) is 11.4 Å². The number of anilines is 2. The minimum atomic E-state index is -0.312. The van der Waals surface area contributed by atoms with Crippen molar-refractivity contribution in [2.45, 2.75) is 56.2 Å². The molecule has 0 saturated heterocycles. The molecule has 0 heterocycles. The Kier molecular flexibility index (Phi) is 5.20. The molecule has 0 radical (unpaired) electrons. The van der Waals surface area contributed by atoms with Crippen LogP contribution < -0.4 is 10.6 Å². The predicted molar refractivity (Wildman–Crippen MR) is 128 cm³/mol. The summed E-state index contributed by atoms with van der Waals surface area (Å²) in [6.45, 7) is 2.10. The molecular formula is C26H29BrN2O2. The topological polar surface area (TPSA) is 58.2 Å². The highest BCUT2D eigenvalue weighted by molar-refractivity contribution is 9.10. The fraction of sp³-hybridized carbons (Fsp3) is 0.462. The minimum absolute atomic E-state index is 0.0815. The monoisotopic (exact) mass is 480 g/mol. The van der Waals surface area contributed by atoms with Crippen LogP contribution in [0.25, 0.3) is 0 Å².